The minimum atomic E-state index is 0.446. The molecule has 0 bridgehead atoms. The lowest BCUT2D eigenvalue weighted by Crippen LogP contribution is -2.26. The summed E-state index contributed by atoms with van der Waals surface area (Å²) in [6.07, 6.45) is 3.71. The van der Waals surface area contributed by atoms with Crippen LogP contribution >= 0.6 is 15.9 Å². The van der Waals surface area contributed by atoms with E-state index in [0.717, 1.165) is 17.4 Å². The molecule has 0 fully saturated rings. The molecule has 0 aliphatic heterocycles. The summed E-state index contributed by atoms with van der Waals surface area (Å²) in [5.41, 5.74) is 1.37. The number of hydrogen-bond donors (Lipinski definition) is 1. The van der Waals surface area contributed by atoms with Crippen molar-refractivity contribution in [1.82, 2.24) is 10.2 Å². The monoisotopic (exact) mass is 312 g/mol. The second-order valence-corrected chi connectivity index (χ2v) is 5.75. The van der Waals surface area contributed by atoms with Gasteiger partial charge < -0.3 is 10.2 Å². The van der Waals surface area contributed by atoms with E-state index in [1.54, 1.807) is 0 Å². The zero-order valence-electron chi connectivity index (χ0n) is 11.7. The van der Waals surface area contributed by atoms with Crippen LogP contribution in [0.2, 0.25) is 0 Å². The Morgan fingerprint density at radius 2 is 1.89 bits per heavy atom. The summed E-state index contributed by atoms with van der Waals surface area (Å²) >= 11 is 3.48. The van der Waals surface area contributed by atoms with E-state index in [2.05, 4.69) is 64.4 Å². The number of hydrogen-bond acceptors (Lipinski definition) is 2. The smallest absolute Gasteiger partial charge is 0.0329 e. The van der Waals surface area contributed by atoms with Gasteiger partial charge in [-0.25, -0.2) is 0 Å². The number of halogens is 1. The zero-order valence-corrected chi connectivity index (χ0v) is 13.3. The summed E-state index contributed by atoms with van der Waals surface area (Å²) in [5.74, 6) is 0. The van der Waals surface area contributed by atoms with Crippen LogP contribution in [0.1, 0.15) is 37.8 Å². The molecule has 1 atom stereocenters. The third-order valence-electron chi connectivity index (χ3n) is 3.31. The van der Waals surface area contributed by atoms with Gasteiger partial charge in [-0.3, -0.25) is 0 Å². The first-order valence-electron chi connectivity index (χ1n) is 6.78. The van der Waals surface area contributed by atoms with Gasteiger partial charge in [0.05, 0.1) is 0 Å². The van der Waals surface area contributed by atoms with Crippen LogP contribution in [0.3, 0.4) is 0 Å². The molecule has 1 N–H and O–H groups in total. The molecule has 3 heteroatoms. The van der Waals surface area contributed by atoms with Gasteiger partial charge in [0.25, 0.3) is 0 Å². The Morgan fingerprint density at radius 1 is 1.22 bits per heavy atom. The fourth-order valence-electron chi connectivity index (χ4n) is 2.06. The SMILES string of the molecule is CCCCN(C)CCC(NC)c1ccc(Br)cc1. The van der Waals surface area contributed by atoms with Crippen LogP contribution in [0.4, 0.5) is 0 Å². The Kier molecular flexibility index (Phi) is 7.56. The highest BCUT2D eigenvalue weighted by Crippen LogP contribution is 2.19. The number of nitrogens with one attached hydrogen (secondary N) is 1. The van der Waals surface area contributed by atoms with E-state index < -0.39 is 0 Å². The number of unbranched alkanes of at least 4 members (excludes halogenated alkanes) is 1. The van der Waals surface area contributed by atoms with Gasteiger partial charge in [-0.05, 0) is 57.7 Å². The molecule has 1 rings (SSSR count). The van der Waals surface area contributed by atoms with E-state index in [0.29, 0.717) is 6.04 Å². The lowest BCUT2D eigenvalue weighted by Gasteiger charge is -2.21. The molecule has 0 aliphatic carbocycles. The van der Waals surface area contributed by atoms with Gasteiger partial charge in [0.2, 0.25) is 0 Å². The van der Waals surface area contributed by atoms with Gasteiger partial charge in [-0.1, -0.05) is 41.4 Å². The molecule has 0 radical (unpaired) electrons. The molecule has 2 nitrogen and oxygen atoms in total. The predicted octanol–water partition coefficient (Wildman–Crippen LogP) is 3.83. The molecule has 0 aromatic heterocycles. The molecule has 1 unspecified atom stereocenters. The molecule has 0 aliphatic rings. The molecular formula is C15H25BrN2. The van der Waals surface area contributed by atoms with Crippen LogP contribution in [0.5, 0.6) is 0 Å². The normalized spacial score (nSPS) is 12.9. The minimum absolute atomic E-state index is 0.446. The topological polar surface area (TPSA) is 15.3 Å². The van der Waals surface area contributed by atoms with E-state index >= 15 is 0 Å². The molecule has 0 spiro atoms. The van der Waals surface area contributed by atoms with Gasteiger partial charge in [-0.2, -0.15) is 0 Å². The first kappa shape index (κ1) is 15.7. The molecule has 0 saturated heterocycles. The van der Waals surface area contributed by atoms with Crippen LogP contribution in [0, 0.1) is 0 Å². The van der Waals surface area contributed by atoms with Crippen LogP contribution < -0.4 is 5.32 Å². The van der Waals surface area contributed by atoms with Gasteiger partial charge in [0.15, 0.2) is 0 Å². The van der Waals surface area contributed by atoms with Crippen molar-refractivity contribution in [3.63, 3.8) is 0 Å². The summed E-state index contributed by atoms with van der Waals surface area (Å²) < 4.78 is 1.14. The van der Waals surface area contributed by atoms with E-state index in [-0.39, 0.29) is 0 Å². The van der Waals surface area contributed by atoms with Gasteiger partial charge in [0.1, 0.15) is 0 Å². The third-order valence-corrected chi connectivity index (χ3v) is 3.84. The largest absolute Gasteiger partial charge is 0.313 e. The highest BCUT2D eigenvalue weighted by molar-refractivity contribution is 9.10. The second-order valence-electron chi connectivity index (χ2n) is 4.84. The van der Waals surface area contributed by atoms with Crippen molar-refractivity contribution < 1.29 is 0 Å². The Hall–Kier alpha value is -0.380. The van der Waals surface area contributed by atoms with Crippen molar-refractivity contribution >= 4 is 15.9 Å². The van der Waals surface area contributed by atoms with Crippen LogP contribution in [-0.2, 0) is 0 Å². The number of benzene rings is 1. The van der Waals surface area contributed by atoms with Crippen molar-refractivity contribution in [1.29, 1.82) is 0 Å². The fraction of sp³-hybridized carbons (Fsp3) is 0.600. The van der Waals surface area contributed by atoms with E-state index in [1.807, 2.05) is 7.05 Å². The van der Waals surface area contributed by atoms with Crippen molar-refractivity contribution in [3.8, 4) is 0 Å². The highest BCUT2D eigenvalue weighted by atomic mass is 79.9. The van der Waals surface area contributed by atoms with Crippen molar-refractivity contribution in [2.75, 3.05) is 27.2 Å². The number of nitrogens with zero attached hydrogens (tertiary/aromatic N) is 1. The van der Waals surface area contributed by atoms with Gasteiger partial charge >= 0.3 is 0 Å². The average Bonchev–Trinajstić information content (AvgIpc) is 2.39. The van der Waals surface area contributed by atoms with Crippen molar-refractivity contribution in [3.05, 3.63) is 34.3 Å². The first-order chi connectivity index (χ1) is 8.67. The van der Waals surface area contributed by atoms with E-state index in [4.69, 9.17) is 0 Å². The molecule has 1 aromatic rings. The summed E-state index contributed by atoms with van der Waals surface area (Å²) in [6, 6.07) is 9.05. The Bertz CT molecular complexity index is 324. The van der Waals surface area contributed by atoms with E-state index in [9.17, 15) is 0 Å². The maximum atomic E-state index is 3.48. The standard InChI is InChI=1S/C15H25BrN2/c1-4-5-11-18(3)12-10-15(17-2)13-6-8-14(16)9-7-13/h6-9,15,17H,4-5,10-12H2,1-3H3. The maximum Gasteiger partial charge on any atom is 0.0329 e. The first-order valence-corrected chi connectivity index (χ1v) is 7.58. The summed E-state index contributed by atoms with van der Waals surface area (Å²) in [6.45, 7) is 4.58. The molecular weight excluding hydrogens is 288 g/mol. The lowest BCUT2D eigenvalue weighted by molar-refractivity contribution is 0.306. The predicted molar refractivity (Wildman–Crippen MR) is 83.0 cm³/mol. The number of rotatable bonds is 8. The Morgan fingerprint density at radius 3 is 2.44 bits per heavy atom. The minimum Gasteiger partial charge on any atom is -0.313 e. The highest BCUT2D eigenvalue weighted by Gasteiger charge is 2.09. The molecule has 102 valence electrons. The molecule has 0 amide bonds. The molecule has 1 aromatic carbocycles. The van der Waals surface area contributed by atoms with Crippen molar-refractivity contribution in [2.24, 2.45) is 0 Å². The summed E-state index contributed by atoms with van der Waals surface area (Å²) in [7, 11) is 4.25. The quantitative estimate of drug-likeness (QED) is 0.784. The third kappa shape index (κ3) is 5.51. The van der Waals surface area contributed by atoms with E-state index in [1.165, 1.54) is 24.9 Å². The van der Waals surface area contributed by atoms with Crippen LogP contribution in [-0.4, -0.2) is 32.1 Å². The summed E-state index contributed by atoms with van der Waals surface area (Å²) in [4.78, 5) is 2.42. The maximum absolute atomic E-state index is 3.48. The molecule has 0 saturated carbocycles. The molecule has 0 heterocycles. The van der Waals surface area contributed by atoms with Crippen LogP contribution in [0.15, 0.2) is 28.7 Å². The second kappa shape index (κ2) is 8.68. The summed E-state index contributed by atoms with van der Waals surface area (Å²) in [5, 5.41) is 3.41. The van der Waals surface area contributed by atoms with Gasteiger partial charge in [0, 0.05) is 10.5 Å². The molecule has 18 heavy (non-hydrogen) atoms. The van der Waals surface area contributed by atoms with Crippen LogP contribution in [0.25, 0.3) is 0 Å². The van der Waals surface area contributed by atoms with Crippen molar-refractivity contribution in [2.45, 2.75) is 32.2 Å². The lowest BCUT2D eigenvalue weighted by atomic mass is 10.0. The Balaban J connectivity index is 2.44. The van der Waals surface area contributed by atoms with Gasteiger partial charge in [-0.15, -0.1) is 0 Å². The average molecular weight is 313 g/mol. The fourth-order valence-corrected chi connectivity index (χ4v) is 2.33. The zero-order chi connectivity index (χ0) is 13.4. The Labute approximate surface area is 120 Å².